The van der Waals surface area contributed by atoms with Gasteiger partial charge in [-0.1, -0.05) is 18.2 Å². The number of nitriles is 1. The van der Waals surface area contributed by atoms with Crippen LogP contribution in [0.2, 0.25) is 0 Å². The standard InChI is InChI=1S/C13H13N3/c14-7-10-4-2-1-3-9-6-13-11(5-12(9)10)8-15-16-13/h1-4,6,11-12,15-16H,5,8H2. The third-order valence-corrected chi connectivity index (χ3v) is 3.45. The molecule has 0 aromatic heterocycles. The number of nitrogens with zero attached hydrogens (tertiary/aromatic N) is 1. The van der Waals surface area contributed by atoms with Crippen molar-refractivity contribution in [3.05, 3.63) is 47.2 Å². The summed E-state index contributed by atoms with van der Waals surface area (Å²) in [6.45, 7) is 0.960. The van der Waals surface area contributed by atoms with Crippen LogP contribution in [0.25, 0.3) is 0 Å². The van der Waals surface area contributed by atoms with Gasteiger partial charge in [-0.25, -0.2) is 5.43 Å². The first-order valence-corrected chi connectivity index (χ1v) is 5.57. The Bertz CT molecular complexity index is 474. The largest absolute Gasteiger partial charge is 0.325 e. The summed E-state index contributed by atoms with van der Waals surface area (Å²) in [5, 5.41) is 9.16. The topological polar surface area (TPSA) is 47.9 Å². The lowest BCUT2D eigenvalue weighted by atomic mass is 9.78. The minimum absolute atomic E-state index is 0.274. The molecule has 3 aliphatic rings. The van der Waals surface area contributed by atoms with E-state index < -0.39 is 0 Å². The van der Waals surface area contributed by atoms with Gasteiger partial charge in [-0.15, -0.1) is 0 Å². The average Bonchev–Trinajstić information content (AvgIpc) is 2.66. The fourth-order valence-electron chi connectivity index (χ4n) is 2.58. The molecular formula is C13H13N3. The Morgan fingerprint density at radius 3 is 3.06 bits per heavy atom. The lowest BCUT2D eigenvalue weighted by Gasteiger charge is -2.26. The summed E-state index contributed by atoms with van der Waals surface area (Å²) in [4.78, 5) is 0. The van der Waals surface area contributed by atoms with Crippen LogP contribution in [0.15, 0.2) is 47.2 Å². The number of rotatable bonds is 0. The van der Waals surface area contributed by atoms with Gasteiger partial charge in [-0.05, 0) is 24.1 Å². The van der Waals surface area contributed by atoms with Gasteiger partial charge in [-0.3, -0.25) is 0 Å². The molecular weight excluding hydrogens is 198 g/mol. The van der Waals surface area contributed by atoms with E-state index in [1.54, 1.807) is 0 Å². The first kappa shape index (κ1) is 9.44. The highest BCUT2D eigenvalue weighted by molar-refractivity contribution is 5.46. The summed E-state index contributed by atoms with van der Waals surface area (Å²) in [6, 6.07) is 2.32. The predicted molar refractivity (Wildman–Crippen MR) is 61.7 cm³/mol. The van der Waals surface area contributed by atoms with Crippen LogP contribution in [0, 0.1) is 23.2 Å². The molecule has 0 saturated carbocycles. The molecule has 2 unspecified atom stereocenters. The van der Waals surface area contributed by atoms with E-state index in [1.807, 2.05) is 18.2 Å². The van der Waals surface area contributed by atoms with E-state index in [9.17, 15) is 0 Å². The maximum atomic E-state index is 9.16. The second kappa shape index (κ2) is 3.66. The molecule has 0 radical (unpaired) electrons. The predicted octanol–water partition coefficient (Wildman–Crippen LogP) is 1.56. The zero-order chi connectivity index (χ0) is 11.0. The fraction of sp³-hybridized carbons (Fsp3) is 0.308. The van der Waals surface area contributed by atoms with E-state index in [2.05, 4.69) is 29.1 Å². The molecule has 2 aliphatic carbocycles. The molecule has 1 heterocycles. The Balaban J connectivity index is 2.03. The normalized spacial score (nSPS) is 31.1. The fourth-order valence-corrected chi connectivity index (χ4v) is 2.58. The Morgan fingerprint density at radius 1 is 1.31 bits per heavy atom. The van der Waals surface area contributed by atoms with Crippen LogP contribution in [0.1, 0.15) is 6.42 Å². The third-order valence-electron chi connectivity index (χ3n) is 3.45. The Kier molecular flexibility index (Phi) is 2.16. The van der Waals surface area contributed by atoms with Crippen molar-refractivity contribution >= 4 is 0 Å². The van der Waals surface area contributed by atoms with Crippen molar-refractivity contribution in [3.8, 4) is 6.07 Å². The molecule has 1 saturated heterocycles. The Hall–Kier alpha value is -1.79. The monoisotopic (exact) mass is 211 g/mol. The van der Waals surface area contributed by atoms with Gasteiger partial charge in [0.25, 0.3) is 0 Å². The summed E-state index contributed by atoms with van der Waals surface area (Å²) in [6.07, 6.45) is 11.2. The quantitative estimate of drug-likeness (QED) is 0.639. The second-order valence-corrected chi connectivity index (χ2v) is 4.38. The van der Waals surface area contributed by atoms with Crippen LogP contribution in [-0.4, -0.2) is 6.54 Å². The van der Waals surface area contributed by atoms with E-state index in [0.717, 1.165) is 18.5 Å². The number of fused-ring (bicyclic) bond motifs is 2. The molecule has 80 valence electrons. The number of nitrogens with one attached hydrogen (secondary N) is 2. The molecule has 0 aromatic carbocycles. The van der Waals surface area contributed by atoms with Gasteiger partial charge in [0.15, 0.2) is 0 Å². The maximum Gasteiger partial charge on any atom is 0.0953 e. The van der Waals surface area contributed by atoms with Gasteiger partial charge >= 0.3 is 0 Å². The van der Waals surface area contributed by atoms with E-state index >= 15 is 0 Å². The van der Waals surface area contributed by atoms with Crippen molar-refractivity contribution in [3.63, 3.8) is 0 Å². The first-order valence-electron chi connectivity index (χ1n) is 5.57. The number of hydrogen-bond donors (Lipinski definition) is 2. The molecule has 1 fully saturated rings. The van der Waals surface area contributed by atoms with E-state index in [0.29, 0.717) is 5.92 Å². The minimum Gasteiger partial charge on any atom is -0.325 e. The van der Waals surface area contributed by atoms with E-state index in [4.69, 9.17) is 5.26 Å². The summed E-state index contributed by atoms with van der Waals surface area (Å²) in [5.74, 6) is 0.799. The van der Waals surface area contributed by atoms with Crippen LogP contribution in [0.4, 0.5) is 0 Å². The average molecular weight is 211 g/mol. The highest BCUT2D eigenvalue weighted by atomic mass is 15.4. The van der Waals surface area contributed by atoms with Crippen LogP contribution in [-0.2, 0) is 0 Å². The molecule has 0 spiro atoms. The van der Waals surface area contributed by atoms with Crippen molar-refractivity contribution in [1.29, 1.82) is 5.26 Å². The first-order chi connectivity index (χ1) is 7.88. The third kappa shape index (κ3) is 1.39. The summed E-state index contributed by atoms with van der Waals surface area (Å²) < 4.78 is 0. The molecule has 16 heavy (non-hydrogen) atoms. The van der Waals surface area contributed by atoms with Gasteiger partial charge in [0.2, 0.25) is 0 Å². The van der Waals surface area contributed by atoms with Crippen molar-refractivity contribution < 1.29 is 0 Å². The van der Waals surface area contributed by atoms with Crippen molar-refractivity contribution in [2.75, 3.05) is 6.54 Å². The molecule has 3 heteroatoms. The highest BCUT2D eigenvalue weighted by Gasteiger charge is 2.32. The van der Waals surface area contributed by atoms with Crippen molar-refractivity contribution in [2.24, 2.45) is 11.8 Å². The lowest BCUT2D eigenvalue weighted by Crippen LogP contribution is -2.21. The van der Waals surface area contributed by atoms with Crippen LogP contribution in [0.5, 0.6) is 0 Å². The van der Waals surface area contributed by atoms with Crippen molar-refractivity contribution in [1.82, 2.24) is 10.9 Å². The Morgan fingerprint density at radius 2 is 2.19 bits per heavy atom. The van der Waals surface area contributed by atoms with E-state index in [1.165, 1.54) is 11.3 Å². The number of allylic oxidation sites excluding steroid dienone is 7. The summed E-state index contributed by atoms with van der Waals surface area (Å²) >= 11 is 0. The van der Waals surface area contributed by atoms with Crippen LogP contribution < -0.4 is 10.9 Å². The van der Waals surface area contributed by atoms with Crippen LogP contribution >= 0.6 is 0 Å². The SMILES string of the molecule is N#CC1=CC=CC=C2C=C3NNCC3CC12. The van der Waals surface area contributed by atoms with Gasteiger partial charge in [0.05, 0.1) is 6.07 Å². The molecule has 0 aromatic rings. The van der Waals surface area contributed by atoms with Crippen molar-refractivity contribution in [2.45, 2.75) is 6.42 Å². The zero-order valence-corrected chi connectivity index (χ0v) is 8.90. The zero-order valence-electron chi connectivity index (χ0n) is 8.90. The van der Waals surface area contributed by atoms with Gasteiger partial charge in [-0.2, -0.15) is 5.26 Å². The molecule has 0 bridgehead atoms. The molecule has 3 nitrogen and oxygen atoms in total. The Labute approximate surface area is 94.8 Å². The minimum atomic E-state index is 0.274. The van der Waals surface area contributed by atoms with Gasteiger partial charge in [0.1, 0.15) is 0 Å². The summed E-state index contributed by atoms with van der Waals surface area (Å²) in [5.41, 5.74) is 9.72. The smallest absolute Gasteiger partial charge is 0.0953 e. The molecule has 2 N–H and O–H groups in total. The van der Waals surface area contributed by atoms with Crippen LogP contribution in [0.3, 0.4) is 0 Å². The molecule has 1 aliphatic heterocycles. The molecule has 0 amide bonds. The summed E-state index contributed by atoms with van der Waals surface area (Å²) in [7, 11) is 0. The van der Waals surface area contributed by atoms with Gasteiger partial charge < -0.3 is 5.43 Å². The molecule has 3 rings (SSSR count). The van der Waals surface area contributed by atoms with E-state index in [-0.39, 0.29) is 5.92 Å². The number of hydrogen-bond acceptors (Lipinski definition) is 3. The second-order valence-electron chi connectivity index (χ2n) is 4.38. The maximum absolute atomic E-state index is 9.16. The highest BCUT2D eigenvalue weighted by Crippen LogP contribution is 2.37. The lowest BCUT2D eigenvalue weighted by molar-refractivity contribution is 0.509. The number of hydrazine groups is 1. The molecule has 2 atom stereocenters. The van der Waals surface area contributed by atoms with Gasteiger partial charge in [0, 0.05) is 29.7 Å².